The van der Waals surface area contributed by atoms with Gasteiger partial charge in [-0.05, 0) is 73.1 Å². The minimum absolute atomic E-state index is 0.471. The Morgan fingerprint density at radius 1 is 1.03 bits per heavy atom. The fraction of sp³-hybridized carbons (Fsp3) is 0.276. The van der Waals surface area contributed by atoms with Crippen molar-refractivity contribution >= 4 is 39.8 Å². The van der Waals surface area contributed by atoms with E-state index < -0.39 is 5.95 Å². The summed E-state index contributed by atoms with van der Waals surface area (Å²) in [5.41, 5.74) is 6.01. The number of piperazine rings is 1. The van der Waals surface area contributed by atoms with Crippen LogP contribution in [0.4, 0.5) is 10.1 Å². The lowest BCUT2D eigenvalue weighted by Gasteiger charge is -2.38. The Hall–Kier alpha value is -3.64. The number of nitrogens with zero attached hydrogens (tertiary/aromatic N) is 3. The largest absolute Gasteiger partial charge is 0.394 e. The fourth-order valence-corrected chi connectivity index (χ4v) is 4.92. The third-order valence-electron chi connectivity index (χ3n) is 6.98. The van der Waals surface area contributed by atoms with Crippen molar-refractivity contribution in [3.8, 4) is 11.1 Å². The molecule has 0 bridgehead atoms. The molecule has 2 aromatic heterocycles. The summed E-state index contributed by atoms with van der Waals surface area (Å²) in [5.74, 6) is -0.471. The molecule has 0 unspecified atom stereocenters. The highest BCUT2D eigenvalue weighted by Gasteiger charge is 2.19. The van der Waals surface area contributed by atoms with E-state index in [1.54, 1.807) is 0 Å². The Morgan fingerprint density at radius 2 is 1.77 bits per heavy atom. The molecule has 0 saturated carbocycles. The van der Waals surface area contributed by atoms with Gasteiger partial charge in [-0.2, -0.15) is 4.39 Å². The van der Waals surface area contributed by atoms with Gasteiger partial charge in [0.2, 0.25) is 5.95 Å². The van der Waals surface area contributed by atoms with Crippen molar-refractivity contribution in [1.82, 2.24) is 20.2 Å². The summed E-state index contributed by atoms with van der Waals surface area (Å²) in [6.45, 7) is 12.6. The van der Waals surface area contributed by atoms with Crippen molar-refractivity contribution in [2.75, 3.05) is 38.1 Å². The zero-order chi connectivity index (χ0) is 24.5. The monoisotopic (exact) mass is 469 g/mol. The summed E-state index contributed by atoms with van der Waals surface area (Å²) in [4.78, 5) is 12.4. The van der Waals surface area contributed by atoms with E-state index in [-0.39, 0.29) is 0 Å². The van der Waals surface area contributed by atoms with Crippen molar-refractivity contribution in [1.29, 1.82) is 0 Å². The van der Waals surface area contributed by atoms with Crippen LogP contribution in [0.25, 0.3) is 45.2 Å². The fourth-order valence-electron chi connectivity index (χ4n) is 4.92. The van der Waals surface area contributed by atoms with Crippen molar-refractivity contribution in [2.24, 2.45) is 0 Å². The lowest BCUT2D eigenvalue weighted by atomic mass is 10.0. The molecule has 1 aliphatic heterocycles. The second-order valence-electron chi connectivity index (χ2n) is 9.36. The molecule has 1 fully saturated rings. The van der Waals surface area contributed by atoms with Gasteiger partial charge in [-0.15, -0.1) is 0 Å². The maximum atomic E-state index is 15.1. The molecule has 0 atom stereocenters. The van der Waals surface area contributed by atoms with Gasteiger partial charge in [0, 0.05) is 66.8 Å². The molecule has 2 N–H and O–H groups in total. The number of aromatic amines is 1. The van der Waals surface area contributed by atoms with Crippen LogP contribution in [0.15, 0.2) is 55.2 Å². The summed E-state index contributed by atoms with van der Waals surface area (Å²) in [6, 6.07) is 14.8. The Kier molecular flexibility index (Phi) is 6.31. The molecule has 5 nitrogen and oxygen atoms in total. The molecule has 1 saturated heterocycles. The summed E-state index contributed by atoms with van der Waals surface area (Å²) in [6.07, 6.45) is 5.72. The van der Waals surface area contributed by atoms with Crippen LogP contribution in [0.3, 0.4) is 0 Å². The standard InChI is InChI=1S/C29H32FN5/c1-5-20-17-27-25(16-22(20)10-11-31-4)26-18-24(28(30)33-29(26)32-27)21-6-8-23(9-7-21)35-14-12-34(13-15-35)19(2)3/h5-11,16-19,31H,1,12-15H2,2-4H3,(H,32,33)/b11-10-. The lowest BCUT2D eigenvalue weighted by Crippen LogP contribution is -2.48. The van der Waals surface area contributed by atoms with E-state index in [0.29, 0.717) is 17.3 Å². The topological polar surface area (TPSA) is 47.2 Å². The Labute approximate surface area is 206 Å². The molecule has 4 aromatic rings. The van der Waals surface area contributed by atoms with Crippen molar-refractivity contribution in [3.63, 3.8) is 0 Å². The first-order chi connectivity index (χ1) is 17.0. The number of pyridine rings is 1. The molecular weight excluding hydrogens is 437 g/mol. The number of hydrogen-bond donors (Lipinski definition) is 2. The second-order valence-corrected chi connectivity index (χ2v) is 9.36. The highest BCUT2D eigenvalue weighted by molar-refractivity contribution is 6.08. The van der Waals surface area contributed by atoms with Crippen molar-refractivity contribution in [3.05, 3.63) is 72.3 Å². The van der Waals surface area contributed by atoms with Gasteiger partial charge in [-0.3, -0.25) is 4.90 Å². The molecule has 35 heavy (non-hydrogen) atoms. The van der Waals surface area contributed by atoms with Gasteiger partial charge >= 0.3 is 0 Å². The minimum atomic E-state index is -0.471. The molecule has 180 valence electrons. The van der Waals surface area contributed by atoms with Gasteiger partial charge in [-0.25, -0.2) is 4.98 Å². The van der Waals surface area contributed by atoms with Crippen LogP contribution >= 0.6 is 0 Å². The maximum absolute atomic E-state index is 15.1. The molecule has 0 aliphatic carbocycles. The molecule has 0 amide bonds. The minimum Gasteiger partial charge on any atom is -0.394 e. The van der Waals surface area contributed by atoms with Crippen LogP contribution in [-0.4, -0.2) is 54.1 Å². The van der Waals surface area contributed by atoms with Crippen LogP contribution in [0.5, 0.6) is 0 Å². The number of benzene rings is 2. The average Bonchev–Trinajstić information content (AvgIpc) is 3.22. The zero-order valence-corrected chi connectivity index (χ0v) is 20.6. The highest BCUT2D eigenvalue weighted by Crippen LogP contribution is 2.33. The molecule has 2 aromatic carbocycles. The number of anilines is 1. The molecule has 0 radical (unpaired) electrons. The van der Waals surface area contributed by atoms with E-state index in [9.17, 15) is 0 Å². The van der Waals surface area contributed by atoms with Gasteiger partial charge in [0.15, 0.2) is 0 Å². The van der Waals surface area contributed by atoms with Crippen LogP contribution in [0.1, 0.15) is 25.0 Å². The summed E-state index contributed by atoms with van der Waals surface area (Å²) >= 11 is 0. The van der Waals surface area contributed by atoms with Crippen LogP contribution < -0.4 is 10.2 Å². The zero-order valence-electron chi connectivity index (χ0n) is 20.6. The van der Waals surface area contributed by atoms with Crippen LogP contribution in [0, 0.1) is 5.95 Å². The van der Waals surface area contributed by atoms with E-state index >= 15 is 4.39 Å². The summed E-state index contributed by atoms with van der Waals surface area (Å²) < 4.78 is 15.1. The third kappa shape index (κ3) is 4.42. The molecule has 1 aliphatic rings. The molecule has 6 heteroatoms. The molecule has 0 spiro atoms. The summed E-state index contributed by atoms with van der Waals surface area (Å²) in [7, 11) is 1.87. The first-order valence-corrected chi connectivity index (χ1v) is 12.2. The Morgan fingerprint density at radius 3 is 2.43 bits per heavy atom. The highest BCUT2D eigenvalue weighted by atomic mass is 19.1. The first kappa shape index (κ1) is 23.1. The molecular formula is C29H32FN5. The predicted molar refractivity (Wildman–Crippen MR) is 146 cm³/mol. The number of H-pyrrole nitrogens is 1. The number of rotatable bonds is 6. The van der Waals surface area contributed by atoms with Crippen molar-refractivity contribution in [2.45, 2.75) is 19.9 Å². The SMILES string of the molecule is C=Cc1cc2[nH]c3nc(F)c(-c4ccc(N5CCN(C(C)C)CC5)cc4)cc3c2cc1/C=C\NC. The summed E-state index contributed by atoms with van der Waals surface area (Å²) in [5, 5.41) is 4.94. The van der Waals surface area contributed by atoms with Gasteiger partial charge < -0.3 is 15.2 Å². The molecule has 3 heterocycles. The first-order valence-electron chi connectivity index (χ1n) is 12.2. The predicted octanol–water partition coefficient (Wildman–Crippen LogP) is 5.89. The van der Waals surface area contributed by atoms with Crippen LogP contribution in [-0.2, 0) is 0 Å². The molecule has 5 rings (SSSR count). The van der Waals surface area contributed by atoms with Gasteiger partial charge in [0.25, 0.3) is 0 Å². The van der Waals surface area contributed by atoms with Gasteiger partial charge in [0.05, 0.1) is 0 Å². The quantitative estimate of drug-likeness (QED) is 0.346. The number of fused-ring (bicyclic) bond motifs is 3. The number of aromatic nitrogens is 2. The van der Waals surface area contributed by atoms with E-state index in [4.69, 9.17) is 0 Å². The Balaban J connectivity index is 1.49. The normalized spacial score (nSPS) is 15.1. The number of nitrogens with one attached hydrogen (secondary N) is 2. The van der Waals surface area contributed by atoms with Crippen molar-refractivity contribution < 1.29 is 4.39 Å². The van der Waals surface area contributed by atoms with E-state index in [1.165, 1.54) is 5.69 Å². The van der Waals surface area contributed by atoms with Gasteiger partial charge in [0.1, 0.15) is 5.65 Å². The van der Waals surface area contributed by atoms with Gasteiger partial charge in [-0.1, -0.05) is 24.8 Å². The van der Waals surface area contributed by atoms with E-state index in [0.717, 1.165) is 59.2 Å². The lowest BCUT2D eigenvalue weighted by molar-refractivity contribution is 0.209. The van der Waals surface area contributed by atoms with E-state index in [2.05, 4.69) is 63.7 Å². The van der Waals surface area contributed by atoms with E-state index in [1.807, 2.05) is 49.7 Å². The number of halogens is 1. The van der Waals surface area contributed by atoms with Crippen LogP contribution in [0.2, 0.25) is 0 Å². The maximum Gasteiger partial charge on any atom is 0.222 e. The number of hydrogen-bond acceptors (Lipinski definition) is 4. The smallest absolute Gasteiger partial charge is 0.222 e. The second kappa shape index (κ2) is 9.55. The third-order valence-corrected chi connectivity index (χ3v) is 6.98. The Bertz CT molecular complexity index is 1390. The average molecular weight is 470 g/mol.